The third-order valence-corrected chi connectivity index (χ3v) is 8.38. The van der Waals surface area contributed by atoms with Gasteiger partial charge in [-0.2, -0.15) is 0 Å². The number of carbonyl (C=O) groups excluding carboxylic acids is 1. The van der Waals surface area contributed by atoms with Gasteiger partial charge in [0.1, 0.15) is 17.1 Å². The Labute approximate surface area is 296 Å². The zero-order valence-corrected chi connectivity index (χ0v) is 27.9. The van der Waals surface area contributed by atoms with Crippen LogP contribution in [0.15, 0.2) is 100 Å². The Kier molecular flexibility index (Phi) is 11.4. The molecule has 0 saturated carbocycles. The van der Waals surface area contributed by atoms with Crippen LogP contribution < -0.4 is 16.5 Å². The van der Waals surface area contributed by atoms with E-state index in [-0.39, 0.29) is 44.8 Å². The topological polar surface area (TPSA) is 210 Å². The number of unbranched alkanes of at least 4 members (excludes halogenated alkanes) is 1. The van der Waals surface area contributed by atoms with E-state index < -0.39 is 17.8 Å². The van der Waals surface area contributed by atoms with Crippen LogP contribution in [0.3, 0.4) is 0 Å². The Morgan fingerprint density at radius 3 is 2.29 bits per heavy atom. The van der Waals surface area contributed by atoms with Crippen LogP contribution in [0.1, 0.15) is 34.3 Å². The molecule has 262 valence electrons. The smallest absolute Gasteiger partial charge is 0.336 e. The first-order chi connectivity index (χ1) is 24.4. The van der Waals surface area contributed by atoms with Crippen molar-refractivity contribution >= 4 is 51.8 Å². The first-order valence-corrected chi connectivity index (χ1v) is 16.1. The van der Waals surface area contributed by atoms with Crippen molar-refractivity contribution in [1.29, 1.82) is 0 Å². The molecule has 2 aliphatic rings. The van der Waals surface area contributed by atoms with Crippen molar-refractivity contribution in [2.24, 2.45) is 5.73 Å². The number of thiocarbonyl (C=S) groups is 1. The highest BCUT2D eigenvalue weighted by molar-refractivity contribution is 7.80. The lowest BCUT2D eigenvalue weighted by molar-refractivity contribution is -0.132. The number of anilines is 1. The Hall–Kier alpha value is -6.09. The van der Waals surface area contributed by atoms with Crippen LogP contribution in [0.25, 0.3) is 33.4 Å². The Balaban J connectivity index is 1.41. The van der Waals surface area contributed by atoms with E-state index in [0.29, 0.717) is 72.4 Å². The number of phenols is 1. The molecular formula is C37H33N4O9S-. The van der Waals surface area contributed by atoms with Crippen molar-refractivity contribution in [3.05, 3.63) is 123 Å². The number of aromatic hydroxyl groups is 1. The number of carboxylic acids is 2. The zero-order chi connectivity index (χ0) is 36.7. The van der Waals surface area contributed by atoms with Crippen LogP contribution >= 0.6 is 12.2 Å². The number of nitrogens with one attached hydrogen (secondary N) is 1. The van der Waals surface area contributed by atoms with Gasteiger partial charge in [-0.1, -0.05) is 30.3 Å². The Morgan fingerprint density at radius 1 is 0.882 bits per heavy atom. The minimum absolute atomic E-state index is 0.0584. The SMILES string of the molecule is NCc1ccc(CN(CCCCN([O-])C(=O)/C=C/C(=O)O)C(=S)Nc2ccc(-c3c4ccc(=O)cc-4oc4cc(O)ccc34)c(C(=O)O)c2)cc1. The standard InChI is InChI=1S/C37H33N4O9S/c38-20-22-3-5-23(6-4-22)21-40(15-1-2-16-41(49)33(44)13-14-34(45)46)37(51)39-24-7-10-27(30(17-24)36(47)48)35-28-11-8-25(42)18-31(28)50-32-19-26(43)9-12-29(32)35/h3-14,17-19,42H,1-2,15-16,20-21,38H2,(H,39,51)(H,45,46)(H,47,48)/q-1/b14-13+. The second-order valence-corrected chi connectivity index (χ2v) is 12.0. The lowest BCUT2D eigenvalue weighted by Crippen LogP contribution is -2.35. The van der Waals surface area contributed by atoms with E-state index in [1.165, 1.54) is 30.3 Å². The van der Waals surface area contributed by atoms with E-state index in [4.69, 9.17) is 27.5 Å². The van der Waals surface area contributed by atoms with E-state index in [9.17, 15) is 34.6 Å². The highest BCUT2D eigenvalue weighted by Crippen LogP contribution is 2.42. The number of fused-ring (bicyclic) bond motifs is 2. The Bertz CT molecular complexity index is 2160. The average molecular weight is 710 g/mol. The molecule has 5 rings (SSSR count). The highest BCUT2D eigenvalue weighted by atomic mass is 32.1. The summed E-state index contributed by atoms with van der Waals surface area (Å²) in [6.07, 6.45) is 2.05. The van der Waals surface area contributed by atoms with E-state index in [0.717, 1.165) is 11.1 Å². The van der Waals surface area contributed by atoms with Crippen LogP contribution in [0.5, 0.6) is 5.75 Å². The van der Waals surface area contributed by atoms with Crippen LogP contribution in [-0.4, -0.2) is 61.3 Å². The fourth-order valence-electron chi connectivity index (χ4n) is 5.52. The number of aromatic carboxylic acids is 1. The van der Waals surface area contributed by atoms with Gasteiger partial charge in [0, 0.05) is 72.7 Å². The molecule has 0 atom stereocenters. The minimum atomic E-state index is -1.34. The molecule has 0 spiro atoms. The molecule has 1 aliphatic heterocycles. The lowest BCUT2D eigenvalue weighted by atomic mass is 9.90. The summed E-state index contributed by atoms with van der Waals surface area (Å²) in [6, 6.07) is 21.1. The van der Waals surface area contributed by atoms with E-state index in [2.05, 4.69) is 5.32 Å². The molecular weight excluding hydrogens is 676 g/mol. The maximum absolute atomic E-state index is 12.7. The molecule has 0 unspecified atom stereocenters. The second kappa shape index (κ2) is 16.1. The summed E-state index contributed by atoms with van der Waals surface area (Å²) in [6.45, 7) is 0.949. The van der Waals surface area contributed by atoms with Crippen LogP contribution in [-0.2, 0) is 22.7 Å². The van der Waals surface area contributed by atoms with Gasteiger partial charge in [0.2, 0.25) is 5.91 Å². The van der Waals surface area contributed by atoms with Gasteiger partial charge in [0.05, 0.1) is 5.56 Å². The molecule has 0 bridgehead atoms. The number of hydrogen-bond donors (Lipinski definition) is 5. The maximum atomic E-state index is 12.7. The third-order valence-electron chi connectivity index (χ3n) is 8.02. The summed E-state index contributed by atoms with van der Waals surface area (Å²) >= 11 is 5.78. The predicted molar refractivity (Wildman–Crippen MR) is 195 cm³/mol. The third kappa shape index (κ3) is 8.93. The van der Waals surface area contributed by atoms with Crippen molar-refractivity contribution in [3.8, 4) is 28.2 Å². The van der Waals surface area contributed by atoms with Gasteiger partial charge in [-0.15, -0.1) is 0 Å². The van der Waals surface area contributed by atoms with Crippen molar-refractivity contribution in [2.45, 2.75) is 25.9 Å². The first-order valence-electron chi connectivity index (χ1n) is 15.7. The van der Waals surface area contributed by atoms with Crippen molar-refractivity contribution < 1.29 is 34.1 Å². The summed E-state index contributed by atoms with van der Waals surface area (Å²) in [5.74, 6) is -3.35. The highest BCUT2D eigenvalue weighted by Gasteiger charge is 2.23. The summed E-state index contributed by atoms with van der Waals surface area (Å²) in [7, 11) is 0. The summed E-state index contributed by atoms with van der Waals surface area (Å²) in [4.78, 5) is 49.2. The van der Waals surface area contributed by atoms with Gasteiger partial charge in [0.15, 0.2) is 10.5 Å². The van der Waals surface area contributed by atoms with E-state index in [1.807, 2.05) is 29.2 Å². The van der Waals surface area contributed by atoms with Crippen LogP contribution in [0.2, 0.25) is 0 Å². The van der Waals surface area contributed by atoms with Gasteiger partial charge in [0.25, 0.3) is 0 Å². The molecule has 1 amide bonds. The number of hydroxylamine groups is 2. The number of benzene rings is 4. The Morgan fingerprint density at radius 2 is 1.59 bits per heavy atom. The van der Waals surface area contributed by atoms with Gasteiger partial charge in [-0.25, -0.2) is 9.59 Å². The molecule has 1 heterocycles. The van der Waals surface area contributed by atoms with Gasteiger partial charge >= 0.3 is 11.9 Å². The number of carboxylic acid groups (broad SMARTS) is 2. The summed E-state index contributed by atoms with van der Waals surface area (Å²) in [5.41, 5.74) is 9.27. The number of nitrogens with zero attached hydrogens (tertiary/aromatic N) is 2. The van der Waals surface area contributed by atoms with Gasteiger partial charge < -0.3 is 46.0 Å². The number of amides is 1. The summed E-state index contributed by atoms with van der Waals surface area (Å²) in [5, 5.41) is 45.4. The number of nitrogens with two attached hydrogens (primary N) is 1. The van der Waals surface area contributed by atoms with Crippen LogP contribution in [0.4, 0.5) is 5.69 Å². The van der Waals surface area contributed by atoms with Crippen LogP contribution in [0, 0.1) is 5.21 Å². The van der Waals surface area contributed by atoms with Crippen molar-refractivity contribution in [3.63, 3.8) is 0 Å². The van der Waals surface area contributed by atoms with Crippen molar-refractivity contribution in [2.75, 3.05) is 18.4 Å². The first kappa shape index (κ1) is 36.2. The summed E-state index contributed by atoms with van der Waals surface area (Å²) < 4.78 is 5.91. The average Bonchev–Trinajstić information content (AvgIpc) is 3.10. The number of phenolic OH excluding ortho intramolecular Hbond substituents is 1. The normalized spacial score (nSPS) is 11.2. The van der Waals surface area contributed by atoms with Crippen molar-refractivity contribution in [1.82, 2.24) is 9.96 Å². The van der Waals surface area contributed by atoms with Gasteiger partial charge in [-0.3, -0.25) is 9.59 Å². The number of aliphatic carboxylic acids is 1. The quantitative estimate of drug-likeness (QED) is 0.0343. The predicted octanol–water partition coefficient (Wildman–Crippen LogP) is 5.37. The molecule has 3 aromatic carbocycles. The van der Waals surface area contributed by atoms with E-state index in [1.54, 1.807) is 24.3 Å². The fourth-order valence-corrected chi connectivity index (χ4v) is 5.79. The molecule has 1 aliphatic carbocycles. The van der Waals surface area contributed by atoms with Gasteiger partial charge in [-0.05, 0) is 78.1 Å². The molecule has 0 radical (unpaired) electrons. The number of hydrogen-bond acceptors (Lipinski definition) is 9. The molecule has 6 N–H and O–H groups in total. The fraction of sp³-hybridized carbons (Fsp3) is 0.162. The molecule has 0 aromatic heterocycles. The maximum Gasteiger partial charge on any atom is 0.336 e. The molecule has 0 fully saturated rings. The molecule has 0 saturated heterocycles. The molecule has 3 aromatic rings. The molecule has 51 heavy (non-hydrogen) atoms. The lowest BCUT2D eigenvalue weighted by Gasteiger charge is -2.29. The molecule has 13 nitrogen and oxygen atoms in total. The minimum Gasteiger partial charge on any atom is -0.756 e. The number of rotatable bonds is 13. The number of carbonyl (C=O) groups is 3. The van der Waals surface area contributed by atoms with E-state index >= 15 is 0 Å². The second-order valence-electron chi connectivity index (χ2n) is 11.6. The molecule has 14 heteroatoms. The zero-order valence-electron chi connectivity index (χ0n) is 27.1. The largest absolute Gasteiger partial charge is 0.756 e. The monoisotopic (exact) mass is 709 g/mol.